The van der Waals surface area contributed by atoms with Crippen molar-refractivity contribution in [2.45, 2.75) is 103 Å². The molecule has 0 atom stereocenters. The Bertz CT molecular complexity index is 442. The van der Waals surface area contributed by atoms with Gasteiger partial charge in [-0.25, -0.2) is 9.36 Å². The summed E-state index contributed by atoms with van der Waals surface area (Å²) in [6.07, 6.45) is 23.0. The van der Waals surface area contributed by atoms with Crippen molar-refractivity contribution >= 4 is 5.97 Å². The average Bonchev–Trinajstić information content (AvgIpc) is 2.62. The number of unbranched alkanes of at least 4 members (excludes halogenated alkanes) is 13. The molecule has 1 N–H and O–H groups in total. The van der Waals surface area contributed by atoms with Gasteiger partial charge in [-0.1, -0.05) is 84.0 Å². The molecular formula is C22H38NO2+. The van der Waals surface area contributed by atoms with Crippen LogP contribution in [0.25, 0.3) is 0 Å². The van der Waals surface area contributed by atoms with Crippen molar-refractivity contribution in [1.82, 2.24) is 0 Å². The summed E-state index contributed by atoms with van der Waals surface area (Å²) in [5.74, 6) is -0.858. The van der Waals surface area contributed by atoms with Crippen LogP contribution < -0.4 is 4.57 Å². The molecule has 0 saturated carbocycles. The number of carbonyl (C=O) groups is 1. The third-order valence-corrected chi connectivity index (χ3v) is 4.91. The van der Waals surface area contributed by atoms with Gasteiger partial charge in [-0.15, -0.1) is 0 Å². The molecule has 0 aliphatic heterocycles. The number of carboxylic acids is 1. The second-order valence-electron chi connectivity index (χ2n) is 7.23. The summed E-state index contributed by atoms with van der Waals surface area (Å²) < 4.78 is 2.08. The number of carboxylic acid groups (broad SMARTS) is 1. The van der Waals surface area contributed by atoms with E-state index in [0.717, 1.165) is 6.54 Å². The van der Waals surface area contributed by atoms with E-state index in [1.165, 1.54) is 89.9 Å². The van der Waals surface area contributed by atoms with E-state index in [1.807, 2.05) is 12.4 Å². The van der Waals surface area contributed by atoms with E-state index >= 15 is 0 Å². The summed E-state index contributed by atoms with van der Waals surface area (Å²) in [4.78, 5) is 10.8. The molecule has 0 unspecified atom stereocenters. The summed E-state index contributed by atoms with van der Waals surface area (Å²) >= 11 is 0. The zero-order valence-electron chi connectivity index (χ0n) is 16.2. The molecule has 0 spiro atoms. The van der Waals surface area contributed by atoms with E-state index in [-0.39, 0.29) is 0 Å². The number of rotatable bonds is 16. The fourth-order valence-electron chi connectivity index (χ4n) is 3.24. The Balaban J connectivity index is 1.85. The quantitative estimate of drug-likeness (QED) is 0.287. The lowest BCUT2D eigenvalue weighted by Gasteiger charge is -2.03. The summed E-state index contributed by atoms with van der Waals surface area (Å²) in [6, 6.07) is 3.35. The van der Waals surface area contributed by atoms with Crippen LogP contribution in [0.3, 0.4) is 0 Å². The lowest BCUT2D eigenvalue weighted by atomic mass is 10.0. The highest BCUT2D eigenvalue weighted by atomic mass is 16.4. The largest absolute Gasteiger partial charge is 0.478 e. The SMILES string of the molecule is CCCCCCCCCCCCCCCC[n+]1ccc(C(=O)O)cc1. The van der Waals surface area contributed by atoms with Gasteiger partial charge in [0.1, 0.15) is 6.54 Å². The molecule has 3 nitrogen and oxygen atoms in total. The smallest absolute Gasteiger partial charge is 0.336 e. The van der Waals surface area contributed by atoms with Crippen LogP contribution in [0.2, 0.25) is 0 Å². The normalized spacial score (nSPS) is 10.9. The van der Waals surface area contributed by atoms with Crippen molar-refractivity contribution in [3.8, 4) is 0 Å². The van der Waals surface area contributed by atoms with Crippen molar-refractivity contribution in [2.24, 2.45) is 0 Å². The van der Waals surface area contributed by atoms with Crippen LogP contribution in [0, 0.1) is 0 Å². The Morgan fingerprint density at radius 3 is 1.56 bits per heavy atom. The third kappa shape index (κ3) is 11.7. The number of pyridine rings is 1. The number of aromatic nitrogens is 1. The van der Waals surface area contributed by atoms with Crippen LogP contribution in [-0.4, -0.2) is 11.1 Å². The van der Waals surface area contributed by atoms with Crippen molar-refractivity contribution in [2.75, 3.05) is 0 Å². The van der Waals surface area contributed by atoms with Gasteiger partial charge in [0.15, 0.2) is 12.4 Å². The fourth-order valence-corrected chi connectivity index (χ4v) is 3.24. The van der Waals surface area contributed by atoms with Crippen molar-refractivity contribution in [3.05, 3.63) is 30.1 Å². The maximum Gasteiger partial charge on any atom is 0.336 e. The Morgan fingerprint density at radius 2 is 1.16 bits per heavy atom. The van der Waals surface area contributed by atoms with Crippen LogP contribution in [0.1, 0.15) is 107 Å². The summed E-state index contributed by atoms with van der Waals surface area (Å²) in [5, 5.41) is 8.87. The second kappa shape index (κ2) is 14.9. The fraction of sp³-hybridized carbons (Fsp3) is 0.727. The average molecular weight is 349 g/mol. The van der Waals surface area contributed by atoms with Crippen LogP contribution in [-0.2, 0) is 6.54 Å². The zero-order valence-corrected chi connectivity index (χ0v) is 16.2. The minimum atomic E-state index is -0.858. The zero-order chi connectivity index (χ0) is 18.2. The van der Waals surface area contributed by atoms with Crippen LogP contribution >= 0.6 is 0 Å². The van der Waals surface area contributed by atoms with Gasteiger partial charge < -0.3 is 5.11 Å². The highest BCUT2D eigenvalue weighted by Gasteiger charge is 2.05. The minimum absolute atomic E-state index is 0.359. The van der Waals surface area contributed by atoms with E-state index < -0.39 is 5.97 Å². The molecule has 0 aliphatic rings. The molecule has 0 amide bonds. The first-order chi connectivity index (χ1) is 12.2. The van der Waals surface area contributed by atoms with Crippen molar-refractivity contribution in [3.63, 3.8) is 0 Å². The van der Waals surface area contributed by atoms with Crippen LogP contribution in [0.15, 0.2) is 24.5 Å². The Morgan fingerprint density at radius 1 is 0.760 bits per heavy atom. The predicted molar refractivity (Wildman–Crippen MR) is 104 cm³/mol. The molecule has 1 heterocycles. The standard InChI is InChI=1S/C22H37NO2/c1-2-3-4-5-6-7-8-9-10-11-12-13-14-15-18-23-19-16-21(17-20-23)22(24)25/h16-17,19-20H,2-15,18H2,1H3/p+1. The molecule has 0 bridgehead atoms. The lowest BCUT2D eigenvalue weighted by Crippen LogP contribution is -2.32. The molecule has 0 radical (unpaired) electrons. The maximum atomic E-state index is 10.8. The van der Waals surface area contributed by atoms with Gasteiger partial charge in [0.25, 0.3) is 0 Å². The first-order valence-corrected chi connectivity index (χ1v) is 10.5. The number of hydrogen-bond donors (Lipinski definition) is 1. The van der Waals surface area contributed by atoms with Gasteiger partial charge in [-0.2, -0.15) is 0 Å². The Hall–Kier alpha value is -1.38. The highest BCUT2D eigenvalue weighted by Crippen LogP contribution is 2.12. The first kappa shape index (κ1) is 21.7. The van der Waals surface area contributed by atoms with Gasteiger partial charge in [0, 0.05) is 18.6 Å². The number of nitrogens with zero attached hydrogens (tertiary/aromatic N) is 1. The van der Waals surface area contributed by atoms with Gasteiger partial charge in [0.2, 0.25) is 0 Å². The van der Waals surface area contributed by atoms with Gasteiger partial charge >= 0.3 is 5.97 Å². The second-order valence-corrected chi connectivity index (χ2v) is 7.23. The van der Waals surface area contributed by atoms with Crippen LogP contribution in [0.4, 0.5) is 0 Å². The molecular weight excluding hydrogens is 310 g/mol. The summed E-state index contributed by atoms with van der Waals surface area (Å²) in [5.41, 5.74) is 0.359. The molecule has 1 aromatic heterocycles. The van der Waals surface area contributed by atoms with Gasteiger partial charge in [0.05, 0.1) is 5.56 Å². The van der Waals surface area contributed by atoms with E-state index in [4.69, 9.17) is 5.11 Å². The maximum absolute atomic E-state index is 10.8. The summed E-state index contributed by atoms with van der Waals surface area (Å²) in [7, 11) is 0. The summed E-state index contributed by atoms with van der Waals surface area (Å²) in [6.45, 7) is 3.26. The molecule has 1 aromatic rings. The highest BCUT2D eigenvalue weighted by molar-refractivity contribution is 5.87. The molecule has 1 rings (SSSR count). The third-order valence-electron chi connectivity index (χ3n) is 4.91. The molecule has 0 aliphatic carbocycles. The molecule has 142 valence electrons. The number of aryl methyl sites for hydroxylation is 1. The number of aromatic carboxylic acids is 1. The molecule has 0 aromatic carbocycles. The van der Waals surface area contributed by atoms with Crippen molar-refractivity contribution in [1.29, 1.82) is 0 Å². The minimum Gasteiger partial charge on any atom is -0.478 e. The first-order valence-electron chi connectivity index (χ1n) is 10.5. The van der Waals surface area contributed by atoms with Crippen molar-refractivity contribution < 1.29 is 14.5 Å². The van der Waals surface area contributed by atoms with E-state index in [1.54, 1.807) is 12.1 Å². The predicted octanol–water partition coefficient (Wildman–Crippen LogP) is 6.15. The van der Waals surface area contributed by atoms with Crippen LogP contribution in [0.5, 0.6) is 0 Å². The van der Waals surface area contributed by atoms with Gasteiger partial charge in [-0.05, 0) is 6.42 Å². The van der Waals surface area contributed by atoms with E-state index in [0.29, 0.717) is 5.56 Å². The van der Waals surface area contributed by atoms with E-state index in [2.05, 4.69) is 11.5 Å². The Kier molecular flexibility index (Phi) is 12.9. The molecule has 0 saturated heterocycles. The molecule has 0 fully saturated rings. The topological polar surface area (TPSA) is 41.2 Å². The molecule has 3 heteroatoms. The van der Waals surface area contributed by atoms with E-state index in [9.17, 15) is 4.79 Å². The lowest BCUT2D eigenvalue weighted by molar-refractivity contribution is -0.697. The molecule has 25 heavy (non-hydrogen) atoms. The Labute approximate surface area is 154 Å². The van der Waals surface area contributed by atoms with Gasteiger partial charge in [-0.3, -0.25) is 0 Å². The monoisotopic (exact) mass is 348 g/mol. The number of hydrogen-bond acceptors (Lipinski definition) is 1.